The molecule has 0 aliphatic carbocycles. The second-order valence-corrected chi connectivity index (χ2v) is 9.10. The number of nitrogens with zero attached hydrogens (tertiary/aromatic N) is 1. The number of carbonyl (C=O) groups is 2. The lowest BCUT2D eigenvalue weighted by Gasteiger charge is -2.33. The molecule has 38 heavy (non-hydrogen) atoms. The van der Waals surface area contributed by atoms with Crippen molar-refractivity contribution in [1.82, 2.24) is 4.90 Å². The van der Waals surface area contributed by atoms with Crippen molar-refractivity contribution < 1.29 is 46.1 Å². The number of cyclic esters (lactones) is 1. The molecule has 1 fully saturated rings. The fraction of sp³-hybridized carbons (Fsp3) is 0.407. The normalized spacial score (nSPS) is 17.6. The summed E-state index contributed by atoms with van der Waals surface area (Å²) in [6.45, 7) is 3.67. The zero-order valence-corrected chi connectivity index (χ0v) is 20.8. The van der Waals surface area contributed by atoms with E-state index in [0.29, 0.717) is 24.1 Å². The average Bonchev–Trinajstić information content (AvgIpc) is 2.86. The minimum atomic E-state index is -4.81. The van der Waals surface area contributed by atoms with Gasteiger partial charge in [-0.25, -0.2) is 9.59 Å². The van der Waals surface area contributed by atoms with E-state index in [9.17, 15) is 36.6 Å². The summed E-state index contributed by atoms with van der Waals surface area (Å²) in [5.41, 5.74) is -1.07. The number of aliphatic hydroxyl groups is 1. The molecule has 1 saturated heterocycles. The van der Waals surface area contributed by atoms with Crippen molar-refractivity contribution in [3.63, 3.8) is 0 Å². The quantitative estimate of drug-likeness (QED) is 0.249. The van der Waals surface area contributed by atoms with Crippen molar-refractivity contribution in [3.8, 4) is 0 Å². The van der Waals surface area contributed by atoms with Gasteiger partial charge in [0.05, 0.1) is 29.9 Å². The number of halogens is 5. The number of aliphatic hydroxyl groups excluding tert-OH is 1. The number of benzene rings is 2. The van der Waals surface area contributed by atoms with E-state index in [1.54, 1.807) is 38.1 Å². The number of esters is 1. The van der Waals surface area contributed by atoms with E-state index < -0.39 is 47.4 Å². The molecule has 0 aromatic heterocycles. The molecule has 1 N–H and O–H groups in total. The summed E-state index contributed by atoms with van der Waals surface area (Å²) in [6.07, 6.45) is -5.52. The van der Waals surface area contributed by atoms with Crippen molar-refractivity contribution in [1.29, 1.82) is 0 Å². The number of hydrogen-bond acceptors (Lipinski definition) is 5. The molecule has 11 heteroatoms. The molecule has 0 radical (unpaired) electrons. The lowest BCUT2D eigenvalue weighted by Crippen LogP contribution is -2.45. The highest BCUT2D eigenvalue weighted by atomic mass is 19.4. The second kappa shape index (κ2) is 11.9. The largest absolute Gasteiger partial charge is 0.459 e. The monoisotopic (exact) mass is 541 g/mol. The first-order chi connectivity index (χ1) is 17.8. The minimum Gasteiger partial charge on any atom is -0.459 e. The fourth-order valence-corrected chi connectivity index (χ4v) is 3.87. The molecule has 2 unspecified atom stereocenters. The number of rotatable bonds is 9. The third-order valence-corrected chi connectivity index (χ3v) is 5.91. The molecule has 0 spiro atoms. The summed E-state index contributed by atoms with van der Waals surface area (Å²) in [5, 5.41) is 10.1. The van der Waals surface area contributed by atoms with Crippen LogP contribution in [0.4, 0.5) is 26.7 Å². The lowest BCUT2D eigenvalue weighted by atomic mass is 9.99. The maximum Gasteiger partial charge on any atom is 0.416 e. The predicted octanol–water partition coefficient (Wildman–Crippen LogP) is 5.73. The molecule has 2 aromatic carbocycles. The molecule has 2 aromatic rings. The molecule has 1 heterocycles. The van der Waals surface area contributed by atoms with Gasteiger partial charge in [-0.15, -0.1) is 0 Å². The van der Waals surface area contributed by atoms with Crippen molar-refractivity contribution >= 4 is 12.1 Å². The van der Waals surface area contributed by atoms with E-state index in [4.69, 9.17) is 9.47 Å². The third kappa shape index (κ3) is 7.31. The maximum atomic E-state index is 14.8. The summed E-state index contributed by atoms with van der Waals surface area (Å²) in [5.74, 6) is -4.46. The smallest absolute Gasteiger partial charge is 0.416 e. The summed E-state index contributed by atoms with van der Waals surface area (Å²) in [7, 11) is 0. The molecule has 1 amide bonds. The van der Waals surface area contributed by atoms with Gasteiger partial charge in [-0.1, -0.05) is 36.4 Å². The van der Waals surface area contributed by atoms with Crippen LogP contribution in [0.1, 0.15) is 47.3 Å². The highest BCUT2D eigenvalue weighted by molar-refractivity contribution is 5.89. The molecular formula is C27H28F5NO5. The highest BCUT2D eigenvalue weighted by Crippen LogP contribution is 2.37. The number of ether oxygens (including phenoxy) is 2. The lowest BCUT2D eigenvalue weighted by molar-refractivity contribution is -0.138. The molecule has 6 nitrogen and oxygen atoms in total. The van der Waals surface area contributed by atoms with Gasteiger partial charge in [-0.2, -0.15) is 22.0 Å². The van der Waals surface area contributed by atoms with Crippen LogP contribution >= 0.6 is 0 Å². The van der Waals surface area contributed by atoms with Crippen molar-refractivity contribution in [3.05, 3.63) is 82.9 Å². The summed E-state index contributed by atoms with van der Waals surface area (Å²) < 4.78 is 78.5. The number of carbonyl (C=O) groups excluding carboxylic acids is 2. The zero-order chi connectivity index (χ0) is 28.1. The van der Waals surface area contributed by atoms with E-state index >= 15 is 0 Å². The average molecular weight is 542 g/mol. The molecule has 1 aliphatic rings. The Morgan fingerprint density at radius 2 is 1.79 bits per heavy atom. The second-order valence-electron chi connectivity index (χ2n) is 9.10. The van der Waals surface area contributed by atoms with Crippen molar-refractivity contribution in [2.24, 2.45) is 0 Å². The number of amides is 1. The van der Waals surface area contributed by atoms with Gasteiger partial charge in [0.25, 0.3) is 0 Å². The SMILES string of the molecule is CC(C)OC(=O)c1ccc(CCN2C(=O)OCCC2C=CC(O)C(F)(F)c2cccc(C(F)(F)F)c2)cc1. The van der Waals surface area contributed by atoms with Crippen molar-refractivity contribution in [2.75, 3.05) is 13.2 Å². The fourth-order valence-electron chi connectivity index (χ4n) is 3.87. The van der Waals surface area contributed by atoms with Gasteiger partial charge in [0.15, 0.2) is 0 Å². The van der Waals surface area contributed by atoms with E-state index in [-0.39, 0.29) is 25.7 Å². The topological polar surface area (TPSA) is 76.1 Å². The van der Waals surface area contributed by atoms with E-state index in [0.717, 1.165) is 23.8 Å². The van der Waals surface area contributed by atoms with Crippen LogP contribution in [0.25, 0.3) is 0 Å². The summed E-state index contributed by atoms with van der Waals surface area (Å²) >= 11 is 0. The molecule has 1 aliphatic heterocycles. The van der Waals surface area contributed by atoms with Gasteiger partial charge in [-0.05, 0) is 50.1 Å². The van der Waals surface area contributed by atoms with Crippen LogP contribution in [0.2, 0.25) is 0 Å². The van der Waals surface area contributed by atoms with Crippen LogP contribution < -0.4 is 0 Å². The predicted molar refractivity (Wildman–Crippen MR) is 128 cm³/mol. The van der Waals surface area contributed by atoms with E-state index in [1.807, 2.05) is 0 Å². The first-order valence-corrected chi connectivity index (χ1v) is 11.9. The number of alkyl halides is 5. The molecular weight excluding hydrogens is 513 g/mol. The van der Waals surface area contributed by atoms with Gasteiger partial charge >= 0.3 is 24.2 Å². The minimum absolute atomic E-state index is 0.0388. The maximum absolute atomic E-state index is 14.8. The zero-order valence-electron chi connectivity index (χ0n) is 20.8. The first kappa shape index (κ1) is 29.1. The standard InChI is InChI=1S/C27H28F5NO5/c1-17(2)38-24(35)19-8-6-18(7-9-19)12-14-33-22(13-15-37-25(33)36)10-11-23(34)26(28,29)20-4-3-5-21(16-20)27(30,31)32/h3-11,16-17,22-23,34H,12-15H2,1-2H3. The van der Waals surface area contributed by atoms with Crippen LogP contribution in [0.5, 0.6) is 0 Å². The summed E-state index contributed by atoms with van der Waals surface area (Å²) in [4.78, 5) is 25.7. The van der Waals surface area contributed by atoms with Gasteiger partial charge in [0.1, 0.15) is 6.10 Å². The van der Waals surface area contributed by atoms with Gasteiger partial charge < -0.3 is 19.5 Å². The van der Waals surface area contributed by atoms with Gasteiger partial charge in [0.2, 0.25) is 0 Å². The molecule has 2 atom stereocenters. The van der Waals surface area contributed by atoms with Gasteiger partial charge in [-0.3, -0.25) is 0 Å². The Kier molecular flexibility index (Phi) is 9.14. The Bertz CT molecular complexity index is 1150. The molecule has 206 valence electrons. The Morgan fingerprint density at radius 3 is 2.42 bits per heavy atom. The molecule has 3 rings (SSSR count). The van der Waals surface area contributed by atoms with E-state index in [1.165, 1.54) is 11.0 Å². The Labute approximate surface area is 216 Å². The van der Waals surface area contributed by atoms with Crippen LogP contribution in [-0.4, -0.2) is 53.5 Å². The Balaban J connectivity index is 1.68. The molecule has 0 saturated carbocycles. The summed E-state index contributed by atoms with van der Waals surface area (Å²) in [6, 6.07) is 8.55. The van der Waals surface area contributed by atoms with Gasteiger partial charge in [0, 0.05) is 18.5 Å². The van der Waals surface area contributed by atoms with Crippen LogP contribution in [-0.2, 0) is 28.0 Å². The first-order valence-electron chi connectivity index (χ1n) is 11.9. The third-order valence-electron chi connectivity index (χ3n) is 5.91. The van der Waals surface area contributed by atoms with E-state index in [2.05, 4.69) is 0 Å². The highest BCUT2D eigenvalue weighted by Gasteiger charge is 2.41. The van der Waals surface area contributed by atoms with Crippen LogP contribution in [0, 0.1) is 0 Å². The van der Waals surface area contributed by atoms with Crippen LogP contribution in [0.3, 0.4) is 0 Å². The van der Waals surface area contributed by atoms with Crippen molar-refractivity contribution in [2.45, 2.75) is 57.0 Å². The molecule has 0 bridgehead atoms. The van der Waals surface area contributed by atoms with Crippen LogP contribution in [0.15, 0.2) is 60.7 Å². The number of hydrogen-bond donors (Lipinski definition) is 1. The Morgan fingerprint density at radius 1 is 1.13 bits per heavy atom. The Hall–Kier alpha value is -3.47.